The normalized spacial score (nSPS) is 12.4. The first-order valence-electron chi connectivity index (χ1n) is 9.94. The quantitative estimate of drug-likeness (QED) is 0.300. The van der Waals surface area contributed by atoms with E-state index in [4.69, 9.17) is 0 Å². The number of hydrogen-bond acceptors (Lipinski definition) is 4. The van der Waals surface area contributed by atoms with Crippen LogP contribution in [0.25, 0.3) is 0 Å². The second-order valence-electron chi connectivity index (χ2n) is 7.35. The number of fused-ring (bicyclic) bond motifs is 2. The van der Waals surface area contributed by atoms with E-state index in [1.165, 1.54) is 23.5 Å². The zero-order chi connectivity index (χ0) is 21.4. The molecule has 0 aliphatic heterocycles. The van der Waals surface area contributed by atoms with E-state index in [2.05, 4.69) is 6.07 Å². The summed E-state index contributed by atoms with van der Waals surface area (Å²) in [7, 11) is 0. The van der Waals surface area contributed by atoms with Crippen LogP contribution in [0.15, 0.2) is 111 Å². The molecule has 4 aromatic rings. The van der Waals surface area contributed by atoms with E-state index in [0.29, 0.717) is 22.3 Å². The highest BCUT2D eigenvalue weighted by Gasteiger charge is 2.33. The Kier molecular flexibility index (Phi) is 5.26. The van der Waals surface area contributed by atoms with Crippen molar-refractivity contribution in [3.63, 3.8) is 0 Å². The summed E-state index contributed by atoms with van der Waals surface area (Å²) in [6, 6.07) is 29.1. The lowest BCUT2D eigenvalue weighted by molar-refractivity contribution is 0.0974. The van der Waals surface area contributed by atoms with Crippen LogP contribution in [-0.4, -0.2) is 11.6 Å². The first kappa shape index (κ1) is 19.9. The lowest BCUT2D eigenvalue weighted by atomic mass is 9.84. The molecule has 1 aliphatic carbocycles. The van der Waals surface area contributed by atoms with Crippen LogP contribution in [0.5, 0.6) is 0 Å². The molecule has 150 valence electrons. The fraction of sp³-hybridized carbons (Fsp3) is 0.0370. The second-order valence-corrected chi connectivity index (χ2v) is 9.58. The number of ketones is 2. The van der Waals surface area contributed by atoms with Crippen LogP contribution in [0.3, 0.4) is 0 Å². The van der Waals surface area contributed by atoms with Crippen molar-refractivity contribution in [2.24, 2.45) is 0 Å². The number of carbonyl (C=O) groups excluding carboxylic acids is 2. The first-order chi connectivity index (χ1) is 15.1. The van der Waals surface area contributed by atoms with Crippen LogP contribution in [-0.2, 0) is 0 Å². The van der Waals surface area contributed by atoms with Gasteiger partial charge in [0, 0.05) is 41.8 Å². The number of aryl methyl sites for hydroxylation is 1. The molecule has 31 heavy (non-hydrogen) atoms. The molecule has 0 saturated carbocycles. The largest absolute Gasteiger partial charge is 0.289 e. The molecule has 0 spiro atoms. The number of hydrogen-bond donors (Lipinski definition) is 0. The monoisotopic (exact) mass is 438 g/mol. The minimum Gasteiger partial charge on any atom is -0.289 e. The molecular formula is C27H18O2S2. The average molecular weight is 439 g/mol. The summed E-state index contributed by atoms with van der Waals surface area (Å²) in [6.07, 6.45) is 0. The third kappa shape index (κ3) is 3.73. The molecule has 0 fully saturated rings. The van der Waals surface area contributed by atoms with Crippen molar-refractivity contribution >= 4 is 35.1 Å². The minimum atomic E-state index is -0.0877. The number of benzene rings is 4. The SMILES string of the molecule is Cc1cccc(Sc2cccc3c2C(=O)c2cccc(Sc4ccccc4)c2C3=O)c1. The van der Waals surface area contributed by atoms with E-state index in [1.54, 1.807) is 12.1 Å². The van der Waals surface area contributed by atoms with Gasteiger partial charge in [-0.05, 0) is 43.3 Å². The van der Waals surface area contributed by atoms with Crippen molar-refractivity contribution < 1.29 is 9.59 Å². The Morgan fingerprint density at radius 1 is 0.548 bits per heavy atom. The summed E-state index contributed by atoms with van der Waals surface area (Å²) >= 11 is 3.04. The molecule has 0 N–H and O–H groups in total. The smallest absolute Gasteiger partial charge is 0.195 e. The van der Waals surface area contributed by atoms with Gasteiger partial charge in [0.15, 0.2) is 11.6 Å². The van der Waals surface area contributed by atoms with E-state index in [1.807, 2.05) is 79.7 Å². The van der Waals surface area contributed by atoms with E-state index in [0.717, 1.165) is 25.1 Å². The molecule has 0 radical (unpaired) electrons. The van der Waals surface area contributed by atoms with Crippen LogP contribution < -0.4 is 0 Å². The van der Waals surface area contributed by atoms with Gasteiger partial charge in [-0.1, -0.05) is 83.7 Å². The van der Waals surface area contributed by atoms with Gasteiger partial charge in [0.1, 0.15) is 0 Å². The van der Waals surface area contributed by atoms with Crippen molar-refractivity contribution in [2.45, 2.75) is 26.5 Å². The molecule has 0 atom stereocenters. The summed E-state index contributed by atoms with van der Waals surface area (Å²) < 4.78 is 0. The molecule has 0 bridgehead atoms. The van der Waals surface area contributed by atoms with Gasteiger partial charge in [-0.2, -0.15) is 0 Å². The van der Waals surface area contributed by atoms with E-state index in [-0.39, 0.29) is 11.6 Å². The van der Waals surface area contributed by atoms with Crippen molar-refractivity contribution in [3.8, 4) is 0 Å². The molecule has 0 amide bonds. The van der Waals surface area contributed by atoms with Crippen LogP contribution in [0.2, 0.25) is 0 Å². The molecule has 5 rings (SSSR count). The van der Waals surface area contributed by atoms with Crippen LogP contribution >= 0.6 is 23.5 Å². The lowest BCUT2D eigenvalue weighted by Crippen LogP contribution is -2.22. The Labute approximate surface area is 189 Å². The maximum absolute atomic E-state index is 13.6. The van der Waals surface area contributed by atoms with Crippen LogP contribution in [0.4, 0.5) is 0 Å². The molecular weight excluding hydrogens is 420 g/mol. The molecule has 0 aromatic heterocycles. The highest BCUT2D eigenvalue weighted by Crippen LogP contribution is 2.41. The summed E-state index contributed by atoms with van der Waals surface area (Å²) in [4.78, 5) is 30.8. The van der Waals surface area contributed by atoms with E-state index >= 15 is 0 Å². The summed E-state index contributed by atoms with van der Waals surface area (Å²) in [5.74, 6) is -0.175. The fourth-order valence-corrected chi connectivity index (χ4v) is 5.87. The summed E-state index contributed by atoms with van der Waals surface area (Å²) in [5, 5.41) is 0. The zero-order valence-corrected chi connectivity index (χ0v) is 18.4. The molecule has 0 heterocycles. The van der Waals surface area contributed by atoms with Crippen LogP contribution in [0, 0.1) is 6.92 Å². The lowest BCUT2D eigenvalue weighted by Gasteiger charge is -2.22. The molecule has 4 heteroatoms. The minimum absolute atomic E-state index is 0.0872. The van der Waals surface area contributed by atoms with Gasteiger partial charge in [-0.25, -0.2) is 0 Å². The Balaban J connectivity index is 1.59. The van der Waals surface area contributed by atoms with Gasteiger partial charge in [-0.3, -0.25) is 9.59 Å². The van der Waals surface area contributed by atoms with Gasteiger partial charge in [0.05, 0.1) is 0 Å². The highest BCUT2D eigenvalue weighted by atomic mass is 32.2. The number of rotatable bonds is 4. The Morgan fingerprint density at radius 2 is 1.06 bits per heavy atom. The van der Waals surface area contributed by atoms with Crippen molar-refractivity contribution in [3.05, 3.63) is 119 Å². The summed E-state index contributed by atoms with van der Waals surface area (Å²) in [5.41, 5.74) is 3.14. The third-order valence-corrected chi connectivity index (χ3v) is 7.30. The zero-order valence-electron chi connectivity index (χ0n) is 16.8. The van der Waals surface area contributed by atoms with Crippen molar-refractivity contribution in [1.29, 1.82) is 0 Å². The highest BCUT2D eigenvalue weighted by molar-refractivity contribution is 7.99. The maximum Gasteiger partial charge on any atom is 0.195 e. The predicted molar refractivity (Wildman–Crippen MR) is 126 cm³/mol. The van der Waals surface area contributed by atoms with E-state index in [9.17, 15) is 9.59 Å². The number of carbonyl (C=O) groups is 2. The van der Waals surface area contributed by atoms with Gasteiger partial charge in [0.25, 0.3) is 0 Å². The third-order valence-electron chi connectivity index (χ3n) is 5.18. The van der Waals surface area contributed by atoms with Crippen molar-refractivity contribution in [1.82, 2.24) is 0 Å². The van der Waals surface area contributed by atoms with Gasteiger partial charge >= 0.3 is 0 Å². The van der Waals surface area contributed by atoms with Gasteiger partial charge < -0.3 is 0 Å². The Morgan fingerprint density at radius 3 is 1.65 bits per heavy atom. The van der Waals surface area contributed by atoms with Crippen molar-refractivity contribution in [2.75, 3.05) is 0 Å². The Hall–Kier alpha value is -3.08. The van der Waals surface area contributed by atoms with Gasteiger partial charge in [-0.15, -0.1) is 0 Å². The summed E-state index contributed by atoms with van der Waals surface area (Å²) in [6.45, 7) is 2.04. The second kappa shape index (κ2) is 8.22. The molecule has 0 saturated heterocycles. The molecule has 0 unspecified atom stereocenters. The molecule has 4 aromatic carbocycles. The topological polar surface area (TPSA) is 34.1 Å². The van der Waals surface area contributed by atoms with E-state index < -0.39 is 0 Å². The maximum atomic E-state index is 13.6. The Bertz CT molecular complexity index is 1330. The van der Waals surface area contributed by atoms with Crippen LogP contribution in [0.1, 0.15) is 37.4 Å². The molecule has 1 aliphatic rings. The predicted octanol–water partition coefficient (Wildman–Crippen LogP) is 7.07. The standard InChI is InChI=1S/C27H18O2S2/c1-17-8-5-11-19(16-17)31-23-15-7-13-21-25(23)27(29)20-12-6-14-22(24(20)26(21)28)30-18-9-3-2-4-10-18/h2-16H,1H3. The average Bonchev–Trinajstić information content (AvgIpc) is 2.78. The first-order valence-corrected chi connectivity index (χ1v) is 11.6. The molecule has 2 nitrogen and oxygen atoms in total. The fourth-order valence-electron chi connectivity index (χ4n) is 3.77. The van der Waals surface area contributed by atoms with Gasteiger partial charge in [0.2, 0.25) is 0 Å².